The first kappa shape index (κ1) is 24.0. The van der Waals surface area contributed by atoms with Crippen LogP contribution in [0.1, 0.15) is 90.0 Å². The van der Waals surface area contributed by atoms with Crippen LogP contribution in [-0.2, 0) is 14.6 Å². The van der Waals surface area contributed by atoms with E-state index < -0.39 is 11.2 Å². The van der Waals surface area contributed by atoms with Gasteiger partial charge < -0.3 is 9.84 Å². The maximum Gasteiger partial charge on any atom is 0.139 e. The number of carbonyl (C=O) groups excluding carboxylic acids is 1. The third kappa shape index (κ3) is 3.05. The second kappa shape index (κ2) is 7.52. The quantitative estimate of drug-likeness (QED) is 0.461. The summed E-state index contributed by atoms with van der Waals surface area (Å²) in [7, 11) is 1.72. The molecule has 2 spiro atoms. The van der Waals surface area contributed by atoms with Gasteiger partial charge in [-0.15, -0.1) is 11.8 Å². The van der Waals surface area contributed by atoms with Gasteiger partial charge in [0.1, 0.15) is 17.1 Å². The molecule has 196 valence electrons. The molecule has 5 fully saturated rings. The molecule has 5 nitrogen and oxygen atoms in total. The van der Waals surface area contributed by atoms with Crippen LogP contribution < -0.4 is 4.74 Å². The van der Waals surface area contributed by atoms with Gasteiger partial charge in [0, 0.05) is 23.2 Å². The van der Waals surface area contributed by atoms with Crippen LogP contribution in [0.5, 0.6) is 5.75 Å². The van der Waals surface area contributed by atoms with E-state index in [-0.39, 0.29) is 15.6 Å². The second-order valence-corrected chi connectivity index (χ2v) is 15.4. The Labute approximate surface area is 219 Å². The van der Waals surface area contributed by atoms with Gasteiger partial charge >= 0.3 is 0 Å². The normalized spacial score (nSPS) is 48.5. The standard InChI is InChI=1S/C30H40O5S/c1-26(2)15-28(35-34-17-26)11-12-30-25-20(9-10-29(30,32)16-28)22-7-8-24(31)27(22,3)14-21(25)19-6-5-18(33-4)13-23(19)36-30/h5-6,13,20-22,25,32H,7-12,14-17H2,1-4H3/t20-,21+,22-,25+,27-,28?,29+,30-/m0/s1. The largest absolute Gasteiger partial charge is 0.497 e. The number of methoxy groups -OCH3 is 1. The van der Waals surface area contributed by atoms with E-state index in [0.29, 0.717) is 42.5 Å². The summed E-state index contributed by atoms with van der Waals surface area (Å²) in [6.45, 7) is 7.35. The molecule has 4 saturated carbocycles. The molecule has 2 aliphatic heterocycles. The first-order valence-corrected chi connectivity index (χ1v) is 14.8. The molecule has 0 radical (unpaired) electrons. The minimum Gasteiger partial charge on any atom is -0.497 e. The van der Waals surface area contributed by atoms with Crippen molar-refractivity contribution in [3.63, 3.8) is 0 Å². The van der Waals surface area contributed by atoms with Gasteiger partial charge in [0.05, 0.1) is 24.1 Å². The Morgan fingerprint density at radius 2 is 1.94 bits per heavy atom. The Bertz CT molecular complexity index is 1120. The van der Waals surface area contributed by atoms with Crippen molar-refractivity contribution in [2.24, 2.45) is 28.6 Å². The fraction of sp³-hybridized carbons (Fsp3) is 0.767. The molecular weight excluding hydrogens is 472 g/mol. The molecule has 1 N–H and O–H groups in total. The first-order chi connectivity index (χ1) is 17.0. The highest BCUT2D eigenvalue weighted by Crippen LogP contribution is 2.74. The number of ether oxygens (including phenoxy) is 1. The molecule has 1 aromatic carbocycles. The van der Waals surface area contributed by atoms with Crippen LogP contribution in [0.3, 0.4) is 0 Å². The van der Waals surface area contributed by atoms with Crippen molar-refractivity contribution in [1.82, 2.24) is 0 Å². The van der Waals surface area contributed by atoms with Crippen molar-refractivity contribution < 1.29 is 24.4 Å². The molecule has 0 aromatic heterocycles. The predicted molar refractivity (Wildman–Crippen MR) is 138 cm³/mol. The van der Waals surface area contributed by atoms with E-state index in [4.69, 9.17) is 14.5 Å². The van der Waals surface area contributed by atoms with Gasteiger partial charge in [-0.05, 0) is 91.7 Å². The number of ketones is 1. The maximum atomic E-state index is 13.3. The summed E-state index contributed by atoms with van der Waals surface area (Å²) in [5, 5.41) is 12.8. The Hall–Kier alpha value is -1.08. The molecule has 2 heterocycles. The van der Waals surface area contributed by atoms with Crippen LogP contribution in [0.4, 0.5) is 0 Å². The number of thioether (sulfide) groups is 1. The van der Waals surface area contributed by atoms with E-state index in [1.807, 2.05) is 11.8 Å². The summed E-state index contributed by atoms with van der Waals surface area (Å²) in [5.41, 5.74) is -0.0875. The summed E-state index contributed by atoms with van der Waals surface area (Å²) in [5.74, 6) is 2.92. The van der Waals surface area contributed by atoms with E-state index in [1.165, 1.54) is 10.5 Å². The summed E-state index contributed by atoms with van der Waals surface area (Å²) in [4.78, 5) is 26.3. The Morgan fingerprint density at radius 3 is 2.72 bits per heavy atom. The van der Waals surface area contributed by atoms with Crippen LogP contribution in [0, 0.1) is 28.6 Å². The maximum absolute atomic E-state index is 13.3. The van der Waals surface area contributed by atoms with Crippen molar-refractivity contribution in [2.45, 2.75) is 105 Å². The first-order valence-electron chi connectivity index (χ1n) is 14.0. The van der Waals surface area contributed by atoms with Gasteiger partial charge in [-0.1, -0.05) is 26.8 Å². The molecule has 1 aromatic rings. The third-order valence-corrected chi connectivity index (χ3v) is 13.2. The van der Waals surface area contributed by atoms with E-state index in [2.05, 4.69) is 39.0 Å². The lowest BCUT2D eigenvalue weighted by Crippen LogP contribution is -2.71. The lowest BCUT2D eigenvalue weighted by molar-refractivity contribution is -0.419. The minimum absolute atomic E-state index is 0.0371. The second-order valence-electron chi connectivity index (χ2n) is 14.0. The molecule has 36 heavy (non-hydrogen) atoms. The number of fused-ring (bicyclic) bond motifs is 4. The van der Waals surface area contributed by atoms with Crippen molar-refractivity contribution in [1.29, 1.82) is 0 Å². The highest BCUT2D eigenvalue weighted by atomic mass is 32.2. The number of aliphatic hydroxyl groups is 1. The zero-order valence-electron chi connectivity index (χ0n) is 22.1. The van der Waals surface area contributed by atoms with Crippen LogP contribution in [0.2, 0.25) is 0 Å². The number of Topliss-reactive ketones (excluding diaryl/α,β-unsaturated/α-hetero) is 1. The van der Waals surface area contributed by atoms with Crippen LogP contribution in [-0.4, -0.2) is 40.6 Å². The van der Waals surface area contributed by atoms with Crippen LogP contribution in [0.25, 0.3) is 0 Å². The van der Waals surface area contributed by atoms with Crippen LogP contribution >= 0.6 is 11.8 Å². The van der Waals surface area contributed by atoms with Gasteiger partial charge in [-0.2, -0.15) is 0 Å². The smallest absolute Gasteiger partial charge is 0.139 e. The summed E-state index contributed by atoms with van der Waals surface area (Å²) in [6.07, 6.45) is 7.80. The molecule has 1 unspecified atom stereocenters. The number of rotatable bonds is 1. The molecule has 0 amide bonds. The van der Waals surface area contributed by atoms with Gasteiger partial charge in [-0.3, -0.25) is 4.79 Å². The molecule has 7 rings (SSSR count). The number of carbonyl (C=O) groups is 1. The van der Waals surface area contributed by atoms with Gasteiger partial charge in [0.25, 0.3) is 0 Å². The molecule has 4 aliphatic carbocycles. The lowest BCUT2D eigenvalue weighted by Gasteiger charge is -2.69. The highest BCUT2D eigenvalue weighted by Gasteiger charge is 2.72. The van der Waals surface area contributed by atoms with Gasteiger partial charge in [-0.25, -0.2) is 9.78 Å². The van der Waals surface area contributed by atoms with Gasteiger partial charge in [0.15, 0.2) is 0 Å². The zero-order valence-corrected chi connectivity index (χ0v) is 22.9. The lowest BCUT2D eigenvalue weighted by atomic mass is 9.44. The predicted octanol–water partition coefficient (Wildman–Crippen LogP) is 6.07. The number of benzene rings is 1. The molecule has 8 atom stereocenters. The summed E-state index contributed by atoms with van der Waals surface area (Å²) in [6, 6.07) is 6.50. The zero-order chi connectivity index (χ0) is 25.1. The summed E-state index contributed by atoms with van der Waals surface area (Å²) < 4.78 is 5.36. The fourth-order valence-corrected chi connectivity index (χ4v) is 12.0. The van der Waals surface area contributed by atoms with Crippen molar-refractivity contribution in [3.8, 4) is 5.75 Å². The van der Waals surface area contributed by atoms with Gasteiger partial charge in [0.2, 0.25) is 0 Å². The van der Waals surface area contributed by atoms with E-state index >= 15 is 0 Å². The molecule has 0 bridgehead atoms. The minimum atomic E-state index is -0.830. The Morgan fingerprint density at radius 1 is 1.11 bits per heavy atom. The van der Waals surface area contributed by atoms with Crippen molar-refractivity contribution in [3.05, 3.63) is 23.8 Å². The highest BCUT2D eigenvalue weighted by molar-refractivity contribution is 8.01. The molecule has 1 saturated heterocycles. The Kier molecular flexibility index (Phi) is 5.01. The van der Waals surface area contributed by atoms with E-state index in [9.17, 15) is 9.90 Å². The fourth-order valence-electron chi connectivity index (χ4n) is 10.1. The third-order valence-electron chi connectivity index (χ3n) is 11.4. The van der Waals surface area contributed by atoms with Crippen molar-refractivity contribution in [2.75, 3.05) is 13.7 Å². The molecule has 6 aliphatic rings. The Balaban J connectivity index is 1.36. The average Bonchev–Trinajstić information content (AvgIpc) is 3.12. The molecule has 6 heteroatoms. The SMILES string of the molecule is COc1ccc2c(c1)S[C@]13CCC4(CC(C)(C)COO4)C[C@]1(O)CC[C@@H]1[C@@H]3[C@@H]2C[C@]2(C)C(=O)CC[C@@H]12. The number of hydrogen-bond donors (Lipinski definition) is 1. The monoisotopic (exact) mass is 512 g/mol. The van der Waals surface area contributed by atoms with Crippen LogP contribution in [0.15, 0.2) is 23.1 Å². The number of hydrogen-bond acceptors (Lipinski definition) is 6. The van der Waals surface area contributed by atoms with E-state index in [0.717, 1.165) is 57.1 Å². The topological polar surface area (TPSA) is 65.0 Å². The van der Waals surface area contributed by atoms with E-state index in [1.54, 1.807) is 7.11 Å². The summed E-state index contributed by atoms with van der Waals surface area (Å²) >= 11 is 1.93. The van der Waals surface area contributed by atoms with Crippen molar-refractivity contribution >= 4 is 17.5 Å². The molecular formula is C30H40O5S. The average molecular weight is 513 g/mol.